The Balaban J connectivity index is 2.13. The van der Waals surface area contributed by atoms with Crippen LogP contribution in [0.4, 0.5) is 0 Å². The number of amides is 1. The van der Waals surface area contributed by atoms with Crippen molar-refractivity contribution in [1.82, 2.24) is 10.6 Å². The summed E-state index contributed by atoms with van der Waals surface area (Å²) in [5, 5.41) is 6.39. The van der Waals surface area contributed by atoms with Crippen molar-refractivity contribution in [3.8, 4) is 0 Å². The van der Waals surface area contributed by atoms with E-state index in [1.54, 1.807) is 0 Å². The molecule has 0 bridgehead atoms. The van der Waals surface area contributed by atoms with Crippen LogP contribution in [0.25, 0.3) is 0 Å². The van der Waals surface area contributed by atoms with Crippen LogP contribution in [0.2, 0.25) is 0 Å². The van der Waals surface area contributed by atoms with Crippen molar-refractivity contribution < 1.29 is 9.53 Å². The summed E-state index contributed by atoms with van der Waals surface area (Å²) in [6, 6.07) is 0.265. The lowest BCUT2D eigenvalue weighted by Gasteiger charge is -2.24. The number of carbonyl (C=O) groups excluding carboxylic acids is 1. The number of nitrogens with one attached hydrogen (secondary N) is 2. The Morgan fingerprint density at radius 1 is 1.32 bits per heavy atom. The molecular weight excluding hydrogens is 240 g/mol. The first-order chi connectivity index (χ1) is 9.17. The second-order valence-electron chi connectivity index (χ2n) is 5.50. The number of rotatable bonds is 8. The Hall–Kier alpha value is -0.610. The maximum Gasteiger partial charge on any atom is 0.222 e. The van der Waals surface area contributed by atoms with Gasteiger partial charge in [-0.15, -0.1) is 0 Å². The predicted octanol–water partition coefficient (Wildman–Crippen LogP) is 2.09. The fraction of sp³-hybridized carbons (Fsp3) is 0.933. The first-order valence-corrected chi connectivity index (χ1v) is 7.79. The average molecular weight is 270 g/mol. The molecule has 0 aromatic heterocycles. The van der Waals surface area contributed by atoms with E-state index in [1.165, 1.54) is 0 Å². The summed E-state index contributed by atoms with van der Waals surface area (Å²) < 4.78 is 5.75. The van der Waals surface area contributed by atoms with Crippen molar-refractivity contribution in [2.45, 2.75) is 65.0 Å². The average Bonchev–Trinajstić information content (AvgIpc) is 2.41. The third-order valence-corrected chi connectivity index (χ3v) is 4.11. The summed E-state index contributed by atoms with van der Waals surface area (Å²) in [4.78, 5) is 11.8. The molecule has 1 heterocycles. The van der Waals surface area contributed by atoms with Crippen molar-refractivity contribution in [2.75, 3.05) is 19.7 Å². The molecule has 1 atom stereocenters. The van der Waals surface area contributed by atoms with Crippen LogP contribution < -0.4 is 10.6 Å². The van der Waals surface area contributed by atoms with Crippen LogP contribution in [0.3, 0.4) is 0 Å². The Bertz CT molecular complexity index is 249. The van der Waals surface area contributed by atoms with Crippen LogP contribution in [-0.4, -0.2) is 37.7 Å². The van der Waals surface area contributed by atoms with Gasteiger partial charge in [0, 0.05) is 12.5 Å². The molecule has 0 aromatic carbocycles. The lowest BCUT2D eigenvalue weighted by Crippen LogP contribution is -2.38. The molecule has 0 radical (unpaired) electrons. The minimum Gasteiger partial charge on any atom is -0.378 e. The van der Waals surface area contributed by atoms with E-state index in [0.29, 0.717) is 25.0 Å². The van der Waals surface area contributed by atoms with E-state index in [0.717, 1.165) is 38.8 Å². The van der Waals surface area contributed by atoms with Gasteiger partial charge in [0.25, 0.3) is 0 Å². The zero-order valence-corrected chi connectivity index (χ0v) is 12.7. The smallest absolute Gasteiger partial charge is 0.222 e. The van der Waals surface area contributed by atoms with Gasteiger partial charge in [0.1, 0.15) is 0 Å². The van der Waals surface area contributed by atoms with Gasteiger partial charge in [-0.1, -0.05) is 26.7 Å². The van der Waals surface area contributed by atoms with Gasteiger partial charge in [0.05, 0.1) is 12.7 Å². The van der Waals surface area contributed by atoms with Gasteiger partial charge in [-0.25, -0.2) is 0 Å². The second kappa shape index (κ2) is 9.32. The van der Waals surface area contributed by atoms with E-state index in [9.17, 15) is 4.79 Å². The summed E-state index contributed by atoms with van der Waals surface area (Å²) in [5.74, 6) is 0.697. The fourth-order valence-corrected chi connectivity index (χ4v) is 2.72. The van der Waals surface area contributed by atoms with Crippen LogP contribution in [0.5, 0.6) is 0 Å². The second-order valence-corrected chi connectivity index (χ2v) is 5.50. The molecule has 0 aliphatic carbocycles. The van der Waals surface area contributed by atoms with Crippen LogP contribution in [-0.2, 0) is 9.53 Å². The van der Waals surface area contributed by atoms with E-state index in [1.807, 2.05) is 0 Å². The Morgan fingerprint density at radius 2 is 1.95 bits per heavy atom. The number of piperidine rings is 1. The molecule has 4 heteroatoms. The highest BCUT2D eigenvalue weighted by atomic mass is 16.5. The predicted molar refractivity (Wildman–Crippen MR) is 78.1 cm³/mol. The van der Waals surface area contributed by atoms with Crippen molar-refractivity contribution in [1.29, 1.82) is 0 Å². The molecule has 1 fully saturated rings. The Labute approximate surface area is 117 Å². The first kappa shape index (κ1) is 16.4. The normalized spacial score (nSPS) is 18.5. The SMILES string of the molecule is CCC(CC)C(C)NC(=O)CCOC1CCNCC1. The monoisotopic (exact) mass is 270 g/mol. The summed E-state index contributed by atoms with van der Waals surface area (Å²) in [5.41, 5.74) is 0. The largest absolute Gasteiger partial charge is 0.378 e. The molecule has 1 aliphatic heterocycles. The van der Waals surface area contributed by atoms with E-state index < -0.39 is 0 Å². The third-order valence-electron chi connectivity index (χ3n) is 4.11. The lowest BCUT2D eigenvalue weighted by molar-refractivity contribution is -0.123. The van der Waals surface area contributed by atoms with Crippen molar-refractivity contribution in [3.05, 3.63) is 0 Å². The van der Waals surface area contributed by atoms with Crippen LogP contribution in [0.15, 0.2) is 0 Å². The van der Waals surface area contributed by atoms with Gasteiger partial charge in [0.15, 0.2) is 0 Å². The number of carbonyl (C=O) groups is 1. The highest BCUT2D eigenvalue weighted by molar-refractivity contribution is 5.76. The van der Waals surface area contributed by atoms with Gasteiger partial charge in [-0.3, -0.25) is 4.79 Å². The van der Waals surface area contributed by atoms with Gasteiger partial charge in [0.2, 0.25) is 5.91 Å². The topological polar surface area (TPSA) is 50.4 Å². The number of hydrogen-bond acceptors (Lipinski definition) is 3. The molecule has 112 valence electrons. The van der Waals surface area contributed by atoms with Gasteiger partial charge < -0.3 is 15.4 Å². The van der Waals surface area contributed by atoms with E-state index in [4.69, 9.17) is 4.74 Å². The van der Waals surface area contributed by atoms with Crippen LogP contribution in [0.1, 0.15) is 52.9 Å². The van der Waals surface area contributed by atoms with Gasteiger partial charge in [-0.2, -0.15) is 0 Å². The van der Waals surface area contributed by atoms with Crippen molar-refractivity contribution in [2.24, 2.45) is 5.92 Å². The molecule has 2 N–H and O–H groups in total. The molecule has 0 spiro atoms. The number of hydrogen-bond donors (Lipinski definition) is 2. The standard InChI is InChI=1S/C15H30N2O2/c1-4-13(5-2)12(3)17-15(18)8-11-19-14-6-9-16-10-7-14/h12-14,16H,4-11H2,1-3H3,(H,17,18). The molecule has 0 saturated carbocycles. The summed E-state index contributed by atoms with van der Waals surface area (Å²) in [7, 11) is 0. The van der Waals surface area contributed by atoms with Crippen molar-refractivity contribution in [3.63, 3.8) is 0 Å². The fourth-order valence-electron chi connectivity index (χ4n) is 2.72. The summed E-state index contributed by atoms with van der Waals surface area (Å²) >= 11 is 0. The lowest BCUT2D eigenvalue weighted by atomic mass is 9.95. The molecule has 1 amide bonds. The van der Waals surface area contributed by atoms with Gasteiger partial charge >= 0.3 is 0 Å². The molecule has 1 rings (SSSR count). The molecule has 4 nitrogen and oxygen atoms in total. The van der Waals surface area contributed by atoms with Crippen LogP contribution in [0, 0.1) is 5.92 Å². The minimum absolute atomic E-state index is 0.119. The van der Waals surface area contributed by atoms with Gasteiger partial charge in [-0.05, 0) is 38.8 Å². The maximum absolute atomic E-state index is 11.8. The van der Waals surface area contributed by atoms with E-state index >= 15 is 0 Å². The highest BCUT2D eigenvalue weighted by Gasteiger charge is 2.17. The summed E-state index contributed by atoms with van der Waals surface area (Å²) in [6.45, 7) is 9.06. The number of ether oxygens (including phenoxy) is 1. The van der Waals surface area contributed by atoms with E-state index in [-0.39, 0.29) is 11.9 Å². The zero-order chi connectivity index (χ0) is 14.1. The molecular formula is C15H30N2O2. The molecule has 0 aromatic rings. The minimum atomic E-state index is 0.119. The maximum atomic E-state index is 11.8. The summed E-state index contributed by atoms with van der Waals surface area (Å²) in [6.07, 6.45) is 5.17. The zero-order valence-electron chi connectivity index (χ0n) is 12.7. The Kier molecular flexibility index (Phi) is 8.07. The molecule has 19 heavy (non-hydrogen) atoms. The highest BCUT2D eigenvalue weighted by Crippen LogP contribution is 2.13. The Morgan fingerprint density at radius 3 is 2.53 bits per heavy atom. The first-order valence-electron chi connectivity index (χ1n) is 7.79. The molecule has 1 saturated heterocycles. The molecule has 1 aliphatic rings. The van der Waals surface area contributed by atoms with E-state index in [2.05, 4.69) is 31.4 Å². The van der Waals surface area contributed by atoms with Crippen LogP contribution >= 0.6 is 0 Å². The van der Waals surface area contributed by atoms with Crippen molar-refractivity contribution >= 4 is 5.91 Å². The molecule has 1 unspecified atom stereocenters. The third kappa shape index (κ3) is 6.39. The quantitative estimate of drug-likeness (QED) is 0.710.